The maximum absolute atomic E-state index is 13.2. The summed E-state index contributed by atoms with van der Waals surface area (Å²) in [5.41, 5.74) is 5.09. The molecule has 6 nitrogen and oxygen atoms in total. The molecule has 0 N–H and O–H groups in total. The van der Waals surface area contributed by atoms with Gasteiger partial charge in [-0.3, -0.25) is 4.79 Å². The number of piperazine rings is 1. The van der Waals surface area contributed by atoms with Gasteiger partial charge in [0.2, 0.25) is 0 Å². The Morgan fingerprint density at radius 3 is 2.26 bits per heavy atom. The number of thiazole rings is 1. The molecule has 0 unspecified atom stereocenters. The molecule has 3 heterocycles. The summed E-state index contributed by atoms with van der Waals surface area (Å²) in [6.45, 7) is 6.83. The number of carbonyl (C=O) groups excluding carboxylic acids is 1. The summed E-state index contributed by atoms with van der Waals surface area (Å²) in [4.78, 5) is 22.7. The van der Waals surface area contributed by atoms with Crippen molar-refractivity contribution < 1.29 is 4.79 Å². The van der Waals surface area contributed by atoms with Crippen LogP contribution in [0.2, 0.25) is 0 Å². The van der Waals surface area contributed by atoms with Crippen LogP contribution in [0.5, 0.6) is 0 Å². The Balaban J connectivity index is 1.22. The second kappa shape index (κ2) is 9.73. The lowest BCUT2D eigenvalue weighted by molar-refractivity contribution is 0.0750. The van der Waals surface area contributed by atoms with E-state index in [0.717, 1.165) is 57.7 Å². The van der Waals surface area contributed by atoms with E-state index in [4.69, 9.17) is 0 Å². The fourth-order valence-corrected chi connectivity index (χ4v) is 5.18. The molecule has 34 heavy (non-hydrogen) atoms. The molecule has 0 atom stereocenters. The number of carbonyl (C=O) groups is 1. The number of rotatable bonds is 5. The molecule has 2 aromatic heterocycles. The molecular weight excluding hydrogens is 442 g/mol. The fraction of sp³-hybridized carbons (Fsp3) is 0.259. The lowest BCUT2D eigenvalue weighted by Crippen LogP contribution is -2.49. The van der Waals surface area contributed by atoms with Crippen molar-refractivity contribution in [3.8, 4) is 21.8 Å². The summed E-state index contributed by atoms with van der Waals surface area (Å²) in [5.74, 6) is 0.912. The van der Waals surface area contributed by atoms with Gasteiger partial charge in [-0.15, -0.1) is 21.5 Å². The monoisotopic (exact) mass is 469 g/mol. The molecule has 0 spiro atoms. The van der Waals surface area contributed by atoms with Gasteiger partial charge in [0, 0.05) is 37.3 Å². The Morgan fingerprint density at radius 2 is 1.62 bits per heavy atom. The van der Waals surface area contributed by atoms with Crippen LogP contribution >= 0.6 is 11.3 Å². The zero-order valence-corrected chi connectivity index (χ0v) is 20.3. The number of anilines is 1. The highest BCUT2D eigenvalue weighted by Crippen LogP contribution is 2.29. The van der Waals surface area contributed by atoms with Crippen LogP contribution in [0.1, 0.15) is 27.9 Å². The standard InChI is InChI=1S/C27H27N5OS/c1-3-20-9-11-21(12-10-20)23-13-14-24(30-29-23)31-15-17-32(18-16-31)27(33)25-19(2)28-26(34-25)22-7-5-4-6-8-22/h4-14H,3,15-18H2,1-2H3. The summed E-state index contributed by atoms with van der Waals surface area (Å²) < 4.78 is 0. The van der Waals surface area contributed by atoms with Crippen LogP contribution in [0.4, 0.5) is 5.82 Å². The Hall–Kier alpha value is -3.58. The number of aryl methyl sites for hydroxylation is 2. The van der Waals surface area contributed by atoms with Gasteiger partial charge in [-0.25, -0.2) is 4.98 Å². The van der Waals surface area contributed by atoms with Crippen LogP contribution in [-0.2, 0) is 6.42 Å². The van der Waals surface area contributed by atoms with Gasteiger partial charge >= 0.3 is 0 Å². The van der Waals surface area contributed by atoms with Crippen molar-refractivity contribution in [2.75, 3.05) is 31.1 Å². The van der Waals surface area contributed by atoms with Crippen molar-refractivity contribution in [2.45, 2.75) is 20.3 Å². The quantitative estimate of drug-likeness (QED) is 0.407. The number of benzene rings is 2. The molecule has 5 rings (SSSR count). The van der Waals surface area contributed by atoms with E-state index in [9.17, 15) is 4.79 Å². The van der Waals surface area contributed by atoms with Crippen molar-refractivity contribution in [2.24, 2.45) is 0 Å². The molecule has 0 aliphatic carbocycles. The van der Waals surface area contributed by atoms with Gasteiger partial charge in [0.1, 0.15) is 9.88 Å². The minimum Gasteiger partial charge on any atom is -0.352 e. The molecule has 1 aliphatic heterocycles. The summed E-state index contributed by atoms with van der Waals surface area (Å²) in [6, 6.07) is 22.5. The van der Waals surface area contributed by atoms with Crippen LogP contribution in [0, 0.1) is 6.92 Å². The Kier molecular flexibility index (Phi) is 6.36. The van der Waals surface area contributed by atoms with Crippen molar-refractivity contribution in [3.63, 3.8) is 0 Å². The van der Waals surface area contributed by atoms with Crippen LogP contribution in [0.3, 0.4) is 0 Å². The van der Waals surface area contributed by atoms with Crippen LogP contribution < -0.4 is 4.90 Å². The minimum atomic E-state index is 0.0637. The zero-order valence-electron chi connectivity index (χ0n) is 19.4. The van der Waals surface area contributed by atoms with Crippen molar-refractivity contribution in [3.05, 3.63) is 82.9 Å². The molecular formula is C27H27N5OS. The summed E-state index contributed by atoms with van der Waals surface area (Å²) in [5, 5.41) is 9.80. The second-order valence-electron chi connectivity index (χ2n) is 8.41. The SMILES string of the molecule is CCc1ccc(-c2ccc(N3CCN(C(=O)c4sc(-c5ccccc5)nc4C)CC3)nn2)cc1. The first-order valence-electron chi connectivity index (χ1n) is 11.6. The highest BCUT2D eigenvalue weighted by molar-refractivity contribution is 7.17. The molecule has 7 heteroatoms. The summed E-state index contributed by atoms with van der Waals surface area (Å²) in [7, 11) is 0. The van der Waals surface area contributed by atoms with E-state index in [-0.39, 0.29) is 5.91 Å². The topological polar surface area (TPSA) is 62.2 Å². The molecule has 1 saturated heterocycles. The van der Waals surface area contributed by atoms with E-state index in [1.54, 1.807) is 0 Å². The molecule has 0 radical (unpaired) electrons. The van der Waals surface area contributed by atoms with Crippen LogP contribution in [0.15, 0.2) is 66.7 Å². The first kappa shape index (κ1) is 22.2. The second-order valence-corrected chi connectivity index (χ2v) is 9.41. The maximum Gasteiger partial charge on any atom is 0.265 e. The third-order valence-corrected chi connectivity index (χ3v) is 7.41. The first-order chi connectivity index (χ1) is 16.6. The summed E-state index contributed by atoms with van der Waals surface area (Å²) in [6.07, 6.45) is 1.02. The Morgan fingerprint density at radius 1 is 0.882 bits per heavy atom. The average molecular weight is 470 g/mol. The van der Waals surface area contributed by atoms with Gasteiger partial charge in [-0.05, 0) is 31.0 Å². The zero-order chi connectivity index (χ0) is 23.5. The van der Waals surface area contributed by atoms with E-state index in [1.807, 2.05) is 54.3 Å². The van der Waals surface area contributed by atoms with Crippen LogP contribution in [-0.4, -0.2) is 52.2 Å². The predicted molar refractivity (Wildman–Crippen MR) is 137 cm³/mol. The third kappa shape index (κ3) is 4.56. The molecule has 2 aromatic carbocycles. The van der Waals surface area contributed by atoms with Gasteiger partial charge in [0.25, 0.3) is 5.91 Å². The van der Waals surface area contributed by atoms with Crippen molar-refractivity contribution >= 4 is 23.1 Å². The van der Waals surface area contributed by atoms with Gasteiger partial charge in [-0.1, -0.05) is 61.5 Å². The van der Waals surface area contributed by atoms with E-state index in [2.05, 4.69) is 51.3 Å². The van der Waals surface area contributed by atoms with E-state index < -0.39 is 0 Å². The molecule has 0 bridgehead atoms. The molecule has 4 aromatic rings. The smallest absolute Gasteiger partial charge is 0.265 e. The van der Waals surface area contributed by atoms with Gasteiger partial charge in [0.05, 0.1) is 11.4 Å². The number of nitrogens with zero attached hydrogens (tertiary/aromatic N) is 5. The molecule has 0 saturated carbocycles. The first-order valence-corrected chi connectivity index (χ1v) is 12.4. The predicted octanol–water partition coefficient (Wildman–Crippen LogP) is 5.10. The summed E-state index contributed by atoms with van der Waals surface area (Å²) >= 11 is 1.47. The lowest BCUT2D eigenvalue weighted by Gasteiger charge is -2.35. The number of aromatic nitrogens is 3. The highest BCUT2D eigenvalue weighted by Gasteiger charge is 2.26. The number of amides is 1. The van der Waals surface area contributed by atoms with E-state index in [1.165, 1.54) is 16.9 Å². The van der Waals surface area contributed by atoms with Gasteiger partial charge in [-0.2, -0.15) is 0 Å². The third-order valence-electron chi connectivity index (χ3n) is 6.21. The molecule has 1 amide bonds. The van der Waals surface area contributed by atoms with Crippen molar-refractivity contribution in [1.82, 2.24) is 20.1 Å². The number of hydrogen-bond donors (Lipinski definition) is 0. The Bertz CT molecular complexity index is 1260. The minimum absolute atomic E-state index is 0.0637. The van der Waals surface area contributed by atoms with E-state index >= 15 is 0 Å². The van der Waals surface area contributed by atoms with Gasteiger partial charge < -0.3 is 9.80 Å². The molecule has 172 valence electrons. The Labute approximate surface area is 203 Å². The van der Waals surface area contributed by atoms with Gasteiger partial charge in [0.15, 0.2) is 5.82 Å². The average Bonchev–Trinajstić information content (AvgIpc) is 3.30. The lowest BCUT2D eigenvalue weighted by atomic mass is 10.1. The highest BCUT2D eigenvalue weighted by atomic mass is 32.1. The largest absolute Gasteiger partial charge is 0.352 e. The fourth-order valence-electron chi connectivity index (χ4n) is 4.14. The number of hydrogen-bond acceptors (Lipinski definition) is 6. The maximum atomic E-state index is 13.2. The molecule has 1 aliphatic rings. The van der Waals surface area contributed by atoms with Crippen molar-refractivity contribution in [1.29, 1.82) is 0 Å². The normalized spacial score (nSPS) is 13.8. The van der Waals surface area contributed by atoms with Crippen LogP contribution in [0.25, 0.3) is 21.8 Å². The van der Waals surface area contributed by atoms with E-state index in [0.29, 0.717) is 13.1 Å². The molecule has 1 fully saturated rings.